The zero-order valence-corrected chi connectivity index (χ0v) is 15.9. The Balaban J connectivity index is 1.62. The van der Waals surface area contributed by atoms with Crippen LogP contribution in [0.25, 0.3) is 11.0 Å². The average molecular weight is 398 g/mol. The first-order valence-electron chi connectivity index (χ1n) is 9.03. The molecular weight excluding hydrogens is 378 g/mol. The Labute approximate surface area is 167 Å². The maximum atomic E-state index is 12.0. The van der Waals surface area contributed by atoms with Crippen LogP contribution in [0.2, 0.25) is 5.02 Å². The largest absolute Gasteiger partial charge is 0.365 e. The maximum absolute atomic E-state index is 12.0. The maximum Gasteiger partial charge on any atom is 0.246 e. The van der Waals surface area contributed by atoms with E-state index in [0.717, 1.165) is 30.5 Å². The Morgan fingerprint density at radius 3 is 3.11 bits per heavy atom. The highest BCUT2D eigenvalue weighted by atomic mass is 35.5. The fraction of sp³-hybridized carbons (Fsp3) is 0.263. The van der Waals surface area contributed by atoms with E-state index in [2.05, 4.69) is 37.1 Å². The van der Waals surface area contributed by atoms with Crippen LogP contribution in [0.5, 0.6) is 0 Å². The summed E-state index contributed by atoms with van der Waals surface area (Å²) in [6.07, 6.45) is 8.28. The molecule has 0 bridgehead atoms. The van der Waals surface area contributed by atoms with Crippen molar-refractivity contribution < 1.29 is 4.79 Å². The number of pyridine rings is 1. The van der Waals surface area contributed by atoms with E-state index >= 15 is 0 Å². The van der Waals surface area contributed by atoms with E-state index in [-0.39, 0.29) is 11.9 Å². The minimum Gasteiger partial charge on any atom is -0.365 e. The number of aromatic nitrogens is 4. The topological polar surface area (TPSA) is 98.8 Å². The van der Waals surface area contributed by atoms with Gasteiger partial charge in [-0.2, -0.15) is 9.97 Å². The third kappa shape index (κ3) is 3.77. The lowest BCUT2D eigenvalue weighted by molar-refractivity contribution is -0.127. The monoisotopic (exact) mass is 397 g/mol. The molecule has 4 heterocycles. The molecule has 1 saturated heterocycles. The second-order valence-corrected chi connectivity index (χ2v) is 7.00. The molecule has 0 spiro atoms. The van der Waals surface area contributed by atoms with Crippen LogP contribution in [0, 0.1) is 0 Å². The number of H-pyrrole nitrogens is 1. The first kappa shape index (κ1) is 18.2. The molecule has 3 aromatic heterocycles. The number of piperidine rings is 1. The number of carbonyl (C=O) groups is 1. The summed E-state index contributed by atoms with van der Waals surface area (Å²) in [6.45, 7) is 4.90. The van der Waals surface area contributed by atoms with Crippen molar-refractivity contribution in [1.82, 2.24) is 24.8 Å². The molecule has 1 aliphatic heterocycles. The highest BCUT2D eigenvalue weighted by Crippen LogP contribution is 2.31. The van der Waals surface area contributed by atoms with Crippen molar-refractivity contribution in [3.05, 3.63) is 48.4 Å². The first-order valence-corrected chi connectivity index (χ1v) is 9.41. The standard InChI is InChI=1S/C19H20ClN7O/c1-2-15(28)27-8-4-6-13(11-27)23-18-16-14(20)10-22-17(16)25-19(26-18)24-12-5-3-7-21-9-12/h2-3,5,7,9-10,13H,1,4,6,8,11H2,(H3,22,23,24,25,26). The van der Waals surface area contributed by atoms with Crippen LogP contribution >= 0.6 is 11.6 Å². The lowest BCUT2D eigenvalue weighted by Gasteiger charge is -2.33. The predicted octanol–water partition coefficient (Wildman–Crippen LogP) is 3.34. The van der Waals surface area contributed by atoms with Crippen LogP contribution in [0.1, 0.15) is 12.8 Å². The van der Waals surface area contributed by atoms with Crippen molar-refractivity contribution in [2.45, 2.75) is 18.9 Å². The van der Waals surface area contributed by atoms with Gasteiger partial charge in [-0.1, -0.05) is 18.2 Å². The van der Waals surface area contributed by atoms with Crippen LogP contribution in [-0.2, 0) is 4.79 Å². The van der Waals surface area contributed by atoms with E-state index in [1.165, 1.54) is 6.08 Å². The fourth-order valence-corrected chi connectivity index (χ4v) is 3.57. The van der Waals surface area contributed by atoms with Gasteiger partial charge in [0, 0.05) is 31.5 Å². The Morgan fingerprint density at radius 2 is 2.32 bits per heavy atom. The molecule has 0 aliphatic carbocycles. The number of anilines is 3. The zero-order chi connectivity index (χ0) is 19.5. The number of halogens is 1. The van der Waals surface area contributed by atoms with Gasteiger partial charge in [-0.05, 0) is 31.1 Å². The Hall–Kier alpha value is -3.13. The number of carbonyl (C=O) groups excluding carboxylic acids is 1. The van der Waals surface area contributed by atoms with Crippen LogP contribution < -0.4 is 10.6 Å². The lowest BCUT2D eigenvalue weighted by Crippen LogP contribution is -2.44. The predicted molar refractivity (Wildman–Crippen MR) is 110 cm³/mol. The number of nitrogens with one attached hydrogen (secondary N) is 3. The Kier molecular flexibility index (Phi) is 5.12. The molecular formula is C19H20ClN7O. The van der Waals surface area contributed by atoms with Crippen molar-refractivity contribution in [1.29, 1.82) is 0 Å². The summed E-state index contributed by atoms with van der Waals surface area (Å²) in [6, 6.07) is 3.78. The molecule has 0 saturated carbocycles. The van der Waals surface area contributed by atoms with E-state index < -0.39 is 0 Å². The zero-order valence-electron chi connectivity index (χ0n) is 15.2. The molecule has 3 aromatic rings. The first-order chi connectivity index (χ1) is 13.6. The van der Waals surface area contributed by atoms with Crippen molar-refractivity contribution in [2.24, 2.45) is 0 Å². The van der Waals surface area contributed by atoms with Crippen LogP contribution in [0.4, 0.5) is 17.5 Å². The summed E-state index contributed by atoms with van der Waals surface area (Å²) >= 11 is 6.35. The SMILES string of the molecule is C=CC(=O)N1CCCC(Nc2nc(Nc3cccnc3)nc3[nH]cc(Cl)c23)C1. The summed E-state index contributed by atoms with van der Waals surface area (Å²) in [4.78, 5) is 30.0. The van der Waals surface area contributed by atoms with Gasteiger partial charge in [0.15, 0.2) is 0 Å². The van der Waals surface area contributed by atoms with E-state index in [4.69, 9.17) is 11.6 Å². The Bertz CT molecular complexity index is 1000. The van der Waals surface area contributed by atoms with Crippen molar-refractivity contribution >= 4 is 46.0 Å². The van der Waals surface area contributed by atoms with E-state index in [1.807, 2.05) is 12.1 Å². The van der Waals surface area contributed by atoms with Crippen LogP contribution in [0.3, 0.4) is 0 Å². The highest BCUT2D eigenvalue weighted by molar-refractivity contribution is 6.36. The summed E-state index contributed by atoms with van der Waals surface area (Å²) in [5, 5.41) is 7.87. The summed E-state index contributed by atoms with van der Waals surface area (Å²) in [7, 11) is 0. The molecule has 1 atom stereocenters. The number of hydrogen-bond donors (Lipinski definition) is 3. The van der Waals surface area contributed by atoms with Gasteiger partial charge in [-0.15, -0.1) is 0 Å². The molecule has 8 nitrogen and oxygen atoms in total. The molecule has 4 rings (SSSR count). The molecule has 144 valence electrons. The van der Waals surface area contributed by atoms with Gasteiger partial charge >= 0.3 is 0 Å². The normalized spacial score (nSPS) is 16.8. The van der Waals surface area contributed by atoms with Gasteiger partial charge in [0.25, 0.3) is 0 Å². The number of rotatable bonds is 5. The summed E-state index contributed by atoms with van der Waals surface area (Å²) in [5.74, 6) is 0.995. The number of hydrogen-bond acceptors (Lipinski definition) is 6. The van der Waals surface area contributed by atoms with E-state index in [0.29, 0.717) is 29.0 Å². The number of nitrogens with zero attached hydrogens (tertiary/aromatic N) is 4. The quantitative estimate of drug-likeness (QED) is 0.571. The van der Waals surface area contributed by atoms with Gasteiger partial charge < -0.3 is 20.5 Å². The van der Waals surface area contributed by atoms with Crippen molar-refractivity contribution in [3.8, 4) is 0 Å². The molecule has 9 heteroatoms. The van der Waals surface area contributed by atoms with Gasteiger partial charge in [0.1, 0.15) is 11.5 Å². The third-order valence-electron chi connectivity index (χ3n) is 4.65. The molecule has 0 radical (unpaired) electrons. The third-order valence-corrected chi connectivity index (χ3v) is 4.95. The van der Waals surface area contributed by atoms with Gasteiger partial charge in [0.05, 0.1) is 22.3 Å². The molecule has 28 heavy (non-hydrogen) atoms. The van der Waals surface area contributed by atoms with E-state index in [1.54, 1.807) is 23.5 Å². The Morgan fingerprint density at radius 1 is 1.43 bits per heavy atom. The molecule has 1 amide bonds. The number of likely N-dealkylation sites (tertiary alicyclic amines) is 1. The molecule has 1 aliphatic rings. The summed E-state index contributed by atoms with van der Waals surface area (Å²) < 4.78 is 0. The number of aromatic amines is 1. The average Bonchev–Trinajstić information content (AvgIpc) is 3.09. The van der Waals surface area contributed by atoms with Crippen molar-refractivity contribution in [2.75, 3.05) is 23.7 Å². The molecule has 3 N–H and O–H groups in total. The molecule has 0 aromatic carbocycles. The van der Waals surface area contributed by atoms with Crippen molar-refractivity contribution in [3.63, 3.8) is 0 Å². The second kappa shape index (κ2) is 7.85. The number of fused-ring (bicyclic) bond motifs is 1. The van der Waals surface area contributed by atoms with E-state index in [9.17, 15) is 4.79 Å². The van der Waals surface area contributed by atoms with Gasteiger partial charge in [-0.3, -0.25) is 9.78 Å². The number of amides is 1. The minimum absolute atomic E-state index is 0.0575. The minimum atomic E-state index is -0.0575. The van der Waals surface area contributed by atoms with Crippen LogP contribution in [-0.4, -0.2) is 49.9 Å². The molecule has 1 unspecified atom stereocenters. The van der Waals surface area contributed by atoms with Crippen LogP contribution in [0.15, 0.2) is 43.4 Å². The smallest absolute Gasteiger partial charge is 0.246 e. The fourth-order valence-electron chi connectivity index (χ4n) is 3.34. The second-order valence-electron chi connectivity index (χ2n) is 6.59. The summed E-state index contributed by atoms with van der Waals surface area (Å²) in [5.41, 5.74) is 1.41. The van der Waals surface area contributed by atoms with Gasteiger partial charge in [0.2, 0.25) is 11.9 Å². The lowest BCUT2D eigenvalue weighted by atomic mass is 10.1. The van der Waals surface area contributed by atoms with Gasteiger partial charge in [-0.25, -0.2) is 0 Å². The highest BCUT2D eigenvalue weighted by Gasteiger charge is 2.24. The molecule has 1 fully saturated rings.